The maximum atomic E-state index is 13.5. The van der Waals surface area contributed by atoms with Crippen molar-refractivity contribution in [2.45, 2.75) is 132 Å². The number of methoxy groups -OCH3 is 2. The first-order chi connectivity index (χ1) is 64.3. The number of anilines is 4. The maximum absolute atomic E-state index is 13.5. The molecule has 14 N–H and O–H groups in total. The molecule has 8 atom stereocenters. The molecule has 12 aromatic rings. The largest absolute Gasteiger partial charge is 0.479 e. The minimum Gasteiger partial charge on any atom is -0.479 e. The van der Waals surface area contributed by atoms with Crippen molar-refractivity contribution in [1.29, 1.82) is 0 Å². The number of H-pyrrole nitrogens is 2. The zero-order chi connectivity index (χ0) is 96.8. The van der Waals surface area contributed by atoms with Crippen molar-refractivity contribution in [1.82, 2.24) is 98.4 Å². The zero-order valence-electron chi connectivity index (χ0n) is 75.5. The SMILES string of the molecule is CCOC(=O)[C@@H](C)NP(=O)(COCCn1cnc2c(=O)[nH]c(N)nc21)OCc1ccccc1.CCOC(=O)[C@@H](C)NP(=O)(COCCn1cnc2c(OC)nc(N)nc21)OCc1ccccc1.CCOC(=O)[C@H](C)NP(=O)(COCCn1cnc2c(=O)[nH]c(N)nc21)OCc1ccccc1.CCOC(=O)[C@H](C)NP(=O)(COCCn1cnc2c(OC)nc(N)nc21)OCc1ccccc1. The third-order valence-corrected chi connectivity index (χ3v) is 25.9. The van der Waals surface area contributed by atoms with Crippen LogP contribution in [0, 0.1) is 0 Å². The summed E-state index contributed by atoms with van der Waals surface area (Å²) < 4.78 is 136. The topological polar surface area (TPSA) is 632 Å². The summed E-state index contributed by atoms with van der Waals surface area (Å²) >= 11 is 0. The Bertz CT molecular complexity index is 5740. The number of esters is 4. The Morgan fingerprint density at radius 2 is 0.590 bits per heavy atom. The average Bonchev–Trinajstić information content (AvgIpc) is 1.67. The number of nitrogens with zero attached hydrogens (tertiary/aromatic N) is 14. The molecule has 0 spiro atoms. The summed E-state index contributed by atoms with van der Waals surface area (Å²) in [6.07, 6.45) is 4.95. The maximum Gasteiger partial charge on any atom is 0.323 e. The van der Waals surface area contributed by atoms with E-state index in [1.54, 1.807) is 86.3 Å². The van der Waals surface area contributed by atoms with Crippen molar-refractivity contribution in [2.24, 2.45) is 0 Å². The molecule has 4 aromatic carbocycles. The number of imidazole rings is 4. The monoisotopic (exact) mass is 1940 g/mol. The normalized spacial score (nSPS) is 14.0. The minimum atomic E-state index is -3.58. The molecule has 0 bridgehead atoms. The van der Waals surface area contributed by atoms with Crippen molar-refractivity contribution >= 4 is 122 Å². The van der Waals surface area contributed by atoms with Gasteiger partial charge in [0.25, 0.3) is 41.2 Å². The van der Waals surface area contributed by atoms with Gasteiger partial charge in [0.15, 0.2) is 44.7 Å². The molecule has 0 aliphatic carbocycles. The van der Waals surface area contributed by atoms with Gasteiger partial charge in [-0.05, 0) is 77.6 Å². The highest BCUT2D eigenvalue weighted by molar-refractivity contribution is 7.57. The Labute approximate surface area is 769 Å². The lowest BCUT2D eigenvalue weighted by Crippen LogP contribution is -2.35. The van der Waals surface area contributed by atoms with Crippen molar-refractivity contribution in [3.8, 4) is 11.8 Å². The summed E-state index contributed by atoms with van der Waals surface area (Å²) in [7, 11) is -11.3. The van der Waals surface area contributed by atoms with Crippen LogP contribution >= 0.6 is 30.1 Å². The van der Waals surface area contributed by atoms with Crippen LogP contribution in [0.4, 0.5) is 23.8 Å². The fourth-order valence-corrected chi connectivity index (χ4v) is 18.6. The lowest BCUT2D eigenvalue weighted by atomic mass is 10.2. The number of ether oxygens (including phenoxy) is 10. The van der Waals surface area contributed by atoms with E-state index in [2.05, 4.69) is 80.2 Å². The molecule has 0 amide bonds. The summed E-state index contributed by atoms with van der Waals surface area (Å²) in [5, 5.41) is 11.0. The van der Waals surface area contributed by atoms with Gasteiger partial charge in [0.2, 0.25) is 35.6 Å². The molecule has 0 fully saturated rings. The number of carbonyl (C=O) groups is 4. The van der Waals surface area contributed by atoms with Crippen LogP contribution in [0.1, 0.15) is 77.6 Å². The summed E-state index contributed by atoms with van der Waals surface area (Å²) in [6.45, 7) is 16.0. The molecule has 0 radical (unpaired) electrons. The molecule has 8 aromatic heterocycles. The van der Waals surface area contributed by atoms with Crippen LogP contribution in [0.5, 0.6) is 11.8 Å². The summed E-state index contributed by atoms with van der Waals surface area (Å²) in [4.78, 5) is 118. The molecule has 52 heteroatoms. The van der Waals surface area contributed by atoms with Crippen LogP contribution in [-0.4, -0.2) is 219 Å². The number of rotatable bonds is 50. The third-order valence-electron chi connectivity index (χ3n) is 18.5. The van der Waals surface area contributed by atoms with E-state index in [0.29, 0.717) is 46.7 Å². The first-order valence-electron chi connectivity index (χ1n) is 42.0. The van der Waals surface area contributed by atoms with Crippen molar-refractivity contribution in [3.05, 3.63) is 190 Å². The number of hydrogen-bond donors (Lipinski definition) is 10. The van der Waals surface area contributed by atoms with E-state index in [1.165, 1.54) is 26.9 Å². The van der Waals surface area contributed by atoms with Crippen LogP contribution < -0.4 is 63.9 Å². The quantitative estimate of drug-likeness (QED) is 0.00748. The molecule has 0 aliphatic heterocycles. The van der Waals surface area contributed by atoms with Gasteiger partial charge in [0.1, 0.15) is 49.6 Å². The van der Waals surface area contributed by atoms with Crippen LogP contribution in [0.3, 0.4) is 0 Å². The molecule has 8 heterocycles. The minimum absolute atomic E-state index is 0.0221. The van der Waals surface area contributed by atoms with E-state index in [0.717, 1.165) is 22.3 Å². The van der Waals surface area contributed by atoms with Crippen molar-refractivity contribution in [2.75, 3.05) is 115 Å². The van der Waals surface area contributed by atoms with Gasteiger partial charge in [0, 0.05) is 26.2 Å². The van der Waals surface area contributed by atoms with Crippen LogP contribution in [0.2, 0.25) is 0 Å². The van der Waals surface area contributed by atoms with Crippen molar-refractivity contribution < 1.29 is 103 Å². The van der Waals surface area contributed by atoms with Gasteiger partial charge in [-0.15, -0.1) is 0 Å². The number of carbonyl (C=O) groups excluding carboxylic acids is 4. The Hall–Kier alpha value is -12.2. The van der Waals surface area contributed by atoms with Gasteiger partial charge < -0.3 is 107 Å². The average molecular weight is 1940 g/mol. The molecular weight excluding hydrogens is 1830 g/mol. The highest BCUT2D eigenvalue weighted by atomic mass is 31.2. The number of aromatic amines is 2. The number of nitrogen functional groups attached to an aromatic ring is 4. The summed E-state index contributed by atoms with van der Waals surface area (Å²) in [6, 6.07) is 33.7. The third kappa shape index (κ3) is 32.6. The molecule has 724 valence electrons. The summed E-state index contributed by atoms with van der Waals surface area (Å²) in [5.41, 5.74) is 28.0. The molecule has 0 saturated carbocycles. The Morgan fingerprint density at radius 3 is 0.821 bits per heavy atom. The number of hydrogen-bond acceptors (Lipinski definition) is 38. The van der Waals surface area contributed by atoms with E-state index >= 15 is 0 Å². The van der Waals surface area contributed by atoms with Gasteiger partial charge in [-0.25, -0.2) is 40.3 Å². The highest BCUT2D eigenvalue weighted by Gasteiger charge is 2.35. The number of nitrogens with two attached hydrogens (primary N) is 4. The van der Waals surface area contributed by atoms with Gasteiger partial charge in [-0.2, -0.15) is 29.9 Å². The lowest BCUT2D eigenvalue weighted by Gasteiger charge is -2.23. The van der Waals surface area contributed by atoms with E-state index in [-0.39, 0.29) is 164 Å². The first-order valence-corrected chi connectivity index (χ1v) is 49.2. The van der Waals surface area contributed by atoms with Gasteiger partial charge in [-0.1, -0.05) is 121 Å². The van der Waals surface area contributed by atoms with Crippen molar-refractivity contribution in [3.63, 3.8) is 0 Å². The number of fused-ring (bicyclic) bond motifs is 4. The second kappa shape index (κ2) is 52.5. The fourth-order valence-electron chi connectivity index (χ4n) is 12.1. The van der Waals surface area contributed by atoms with Gasteiger partial charge in [-0.3, -0.25) is 57.0 Å². The predicted octanol–water partition coefficient (Wildman–Crippen LogP) is 7.94. The second-order valence-corrected chi connectivity index (χ2v) is 37.3. The van der Waals surface area contributed by atoms with Gasteiger partial charge in [0.05, 0.1) is 119 Å². The van der Waals surface area contributed by atoms with E-state index < -0.39 is 89.2 Å². The fraction of sp³-hybridized carbons (Fsp3) is 0.415. The molecule has 0 saturated heterocycles. The summed E-state index contributed by atoms with van der Waals surface area (Å²) in [5.74, 6) is -1.51. The molecule has 4 unspecified atom stereocenters. The second-order valence-electron chi connectivity index (χ2n) is 28.8. The molecular formula is C82H112N24O24P4. The van der Waals surface area contributed by atoms with E-state index in [1.807, 2.05) is 121 Å². The Balaban J connectivity index is 0.000000201. The van der Waals surface area contributed by atoms with Crippen LogP contribution in [0.25, 0.3) is 44.7 Å². The first kappa shape index (κ1) is 105. The molecule has 12 rings (SSSR count). The number of nitrogens with one attached hydrogen (secondary N) is 6. The predicted molar refractivity (Wildman–Crippen MR) is 493 cm³/mol. The number of aromatic nitrogens is 16. The Morgan fingerprint density at radius 1 is 0.358 bits per heavy atom. The lowest BCUT2D eigenvalue weighted by molar-refractivity contribution is -0.145. The number of benzene rings is 4. The Kier molecular flexibility index (Phi) is 41.3. The molecule has 134 heavy (non-hydrogen) atoms. The van der Waals surface area contributed by atoms with Gasteiger partial charge >= 0.3 is 23.9 Å². The molecule has 48 nitrogen and oxygen atoms in total. The van der Waals surface area contributed by atoms with E-state index in [9.17, 15) is 47.0 Å². The standard InChI is InChI=1S/2C21H29N6O6P.2C20H27N6O6P/c2*1-4-32-20(28)15(2)26-34(29,33-12-16-8-6-5-7-9-16)14-31-11-10-27-13-23-17-18(27)24-21(22)25-19(17)30-3;2*1-3-31-19(28)14(2)25-33(29,32-11-15-7-5-4-6-8-15)13-30-10-9-26-12-22-16-17(26)23-20(21)24-18(16)27/h2*5-9,13,15H,4,10-12,14H2,1-3H3,(H,26,29)(H2,22,24,25);2*4-8,12,14H,3,9-11,13H2,1-2H3,(H,25,29)(H3,21,23,24,27)/t2*15-,34?;2*14-,33?/m1010/s1. The van der Waals surface area contributed by atoms with Crippen LogP contribution in [-0.2, 0) is 146 Å². The zero-order valence-corrected chi connectivity index (χ0v) is 79.0. The van der Waals surface area contributed by atoms with E-state index in [4.69, 9.17) is 88.4 Å². The van der Waals surface area contributed by atoms with Crippen LogP contribution in [0.15, 0.2) is 156 Å². The molecule has 0 aliphatic rings. The highest BCUT2D eigenvalue weighted by Crippen LogP contribution is 2.47. The smallest absolute Gasteiger partial charge is 0.323 e.